The molecule has 4 heteroatoms. The molecule has 0 bridgehead atoms. The second kappa shape index (κ2) is 8.86. The number of amides is 1. The highest BCUT2D eigenvalue weighted by molar-refractivity contribution is 5.68. The van der Waals surface area contributed by atoms with Crippen LogP contribution in [-0.2, 0) is 17.8 Å². The Morgan fingerprint density at radius 2 is 1.46 bits per heavy atom. The van der Waals surface area contributed by atoms with Crippen molar-refractivity contribution in [2.75, 3.05) is 19.6 Å². The molecule has 1 fully saturated rings. The molecule has 3 rings (SSSR count). The van der Waals surface area contributed by atoms with Gasteiger partial charge < -0.3 is 9.64 Å². The maximum Gasteiger partial charge on any atom is 0.410 e. The third-order valence-electron chi connectivity index (χ3n) is 5.07. The molecule has 4 nitrogen and oxygen atoms in total. The van der Waals surface area contributed by atoms with Crippen molar-refractivity contribution >= 4 is 6.09 Å². The van der Waals surface area contributed by atoms with Crippen molar-refractivity contribution < 1.29 is 9.53 Å². The van der Waals surface area contributed by atoms with Gasteiger partial charge in [0.2, 0.25) is 0 Å². The summed E-state index contributed by atoms with van der Waals surface area (Å²) in [6.07, 6.45) is 0.823. The molecule has 0 aliphatic carbocycles. The van der Waals surface area contributed by atoms with E-state index in [0.717, 1.165) is 18.5 Å². The zero-order chi connectivity index (χ0) is 18.4. The van der Waals surface area contributed by atoms with Crippen LogP contribution in [0.2, 0.25) is 0 Å². The van der Waals surface area contributed by atoms with Crippen LogP contribution in [0.25, 0.3) is 0 Å². The first kappa shape index (κ1) is 18.5. The lowest BCUT2D eigenvalue weighted by atomic mass is 10.1. The van der Waals surface area contributed by atoms with Crippen LogP contribution in [0, 0.1) is 0 Å². The number of rotatable bonds is 5. The molecule has 138 valence electrons. The second-order valence-corrected chi connectivity index (χ2v) is 7.12. The van der Waals surface area contributed by atoms with Crippen LogP contribution in [-0.4, -0.2) is 47.6 Å². The van der Waals surface area contributed by atoms with Gasteiger partial charge in [0, 0.05) is 31.7 Å². The SMILES string of the molecule is CC1CN(C(=O)OCc2ccccc2)CC(C)N1CCc1ccccc1. The summed E-state index contributed by atoms with van der Waals surface area (Å²) in [6.45, 7) is 7.16. The first-order valence-electron chi connectivity index (χ1n) is 9.39. The standard InChI is InChI=1S/C22H28N2O2/c1-18-15-23(22(25)26-17-21-11-7-4-8-12-21)16-19(2)24(18)14-13-20-9-5-3-6-10-20/h3-12,18-19H,13-17H2,1-2H3. The van der Waals surface area contributed by atoms with Crippen LogP contribution in [0.4, 0.5) is 4.79 Å². The molecule has 2 aromatic carbocycles. The average Bonchev–Trinajstić information content (AvgIpc) is 2.67. The molecule has 0 radical (unpaired) electrons. The number of hydrogen-bond acceptors (Lipinski definition) is 3. The van der Waals surface area contributed by atoms with Gasteiger partial charge in [0.15, 0.2) is 0 Å². The molecule has 0 N–H and O–H groups in total. The topological polar surface area (TPSA) is 32.8 Å². The van der Waals surface area contributed by atoms with Crippen molar-refractivity contribution in [2.24, 2.45) is 0 Å². The van der Waals surface area contributed by atoms with Gasteiger partial charge >= 0.3 is 6.09 Å². The summed E-state index contributed by atoms with van der Waals surface area (Å²) in [4.78, 5) is 16.8. The minimum Gasteiger partial charge on any atom is -0.445 e. The van der Waals surface area contributed by atoms with E-state index in [1.807, 2.05) is 35.2 Å². The van der Waals surface area contributed by atoms with Crippen molar-refractivity contribution in [2.45, 2.75) is 39.0 Å². The average molecular weight is 352 g/mol. The quantitative estimate of drug-likeness (QED) is 0.816. The third-order valence-corrected chi connectivity index (χ3v) is 5.07. The van der Waals surface area contributed by atoms with E-state index in [4.69, 9.17) is 4.74 Å². The summed E-state index contributed by atoms with van der Waals surface area (Å²) in [5, 5.41) is 0. The predicted molar refractivity (Wildman–Crippen MR) is 104 cm³/mol. The molecular formula is C22H28N2O2. The Morgan fingerprint density at radius 3 is 2.04 bits per heavy atom. The largest absolute Gasteiger partial charge is 0.445 e. The highest BCUT2D eigenvalue weighted by Crippen LogP contribution is 2.18. The minimum atomic E-state index is -0.213. The van der Waals surface area contributed by atoms with Gasteiger partial charge in [-0.3, -0.25) is 4.90 Å². The van der Waals surface area contributed by atoms with Gasteiger partial charge in [-0.15, -0.1) is 0 Å². The van der Waals surface area contributed by atoms with E-state index >= 15 is 0 Å². The lowest BCUT2D eigenvalue weighted by molar-refractivity contribution is 0.0257. The van der Waals surface area contributed by atoms with E-state index in [1.165, 1.54) is 5.56 Å². The van der Waals surface area contributed by atoms with Crippen molar-refractivity contribution in [3.8, 4) is 0 Å². The Morgan fingerprint density at radius 1 is 0.923 bits per heavy atom. The Balaban J connectivity index is 1.50. The summed E-state index contributed by atoms with van der Waals surface area (Å²) >= 11 is 0. The van der Waals surface area contributed by atoms with Crippen LogP contribution in [0.3, 0.4) is 0 Å². The fraction of sp³-hybridized carbons (Fsp3) is 0.409. The number of hydrogen-bond donors (Lipinski definition) is 0. The van der Waals surface area contributed by atoms with E-state index < -0.39 is 0 Å². The van der Waals surface area contributed by atoms with Crippen LogP contribution >= 0.6 is 0 Å². The summed E-state index contributed by atoms with van der Waals surface area (Å²) in [5.74, 6) is 0. The molecule has 2 atom stereocenters. The molecule has 26 heavy (non-hydrogen) atoms. The Hall–Kier alpha value is -2.33. The van der Waals surface area contributed by atoms with Gasteiger partial charge in [0.25, 0.3) is 0 Å². The van der Waals surface area contributed by atoms with Gasteiger partial charge in [0.1, 0.15) is 6.61 Å². The molecule has 0 saturated carbocycles. The Bertz CT molecular complexity index is 678. The van der Waals surface area contributed by atoms with E-state index in [-0.39, 0.29) is 6.09 Å². The van der Waals surface area contributed by atoms with Gasteiger partial charge in [-0.1, -0.05) is 60.7 Å². The zero-order valence-corrected chi connectivity index (χ0v) is 15.7. The van der Waals surface area contributed by atoms with E-state index in [0.29, 0.717) is 31.8 Å². The molecule has 0 aromatic heterocycles. The minimum absolute atomic E-state index is 0.213. The summed E-state index contributed by atoms with van der Waals surface area (Å²) in [5.41, 5.74) is 2.38. The van der Waals surface area contributed by atoms with Crippen LogP contribution in [0.1, 0.15) is 25.0 Å². The summed E-state index contributed by atoms with van der Waals surface area (Å²) < 4.78 is 5.50. The lowest BCUT2D eigenvalue weighted by Crippen LogP contribution is -2.58. The number of carbonyl (C=O) groups excluding carboxylic acids is 1. The highest BCUT2D eigenvalue weighted by Gasteiger charge is 2.32. The van der Waals surface area contributed by atoms with Crippen LogP contribution in [0.15, 0.2) is 60.7 Å². The van der Waals surface area contributed by atoms with E-state index in [9.17, 15) is 4.79 Å². The smallest absolute Gasteiger partial charge is 0.410 e. The number of ether oxygens (including phenoxy) is 1. The van der Waals surface area contributed by atoms with Crippen molar-refractivity contribution in [1.29, 1.82) is 0 Å². The predicted octanol–water partition coefficient (Wildman–Crippen LogP) is 3.96. The maximum absolute atomic E-state index is 12.4. The van der Waals surface area contributed by atoms with E-state index in [2.05, 4.69) is 49.1 Å². The molecule has 1 amide bonds. The van der Waals surface area contributed by atoms with Crippen LogP contribution in [0.5, 0.6) is 0 Å². The van der Waals surface area contributed by atoms with Gasteiger partial charge in [0.05, 0.1) is 0 Å². The molecule has 2 aromatic rings. The summed E-state index contributed by atoms with van der Waals surface area (Å²) in [6, 6.07) is 21.0. The van der Waals surface area contributed by atoms with Gasteiger partial charge in [-0.2, -0.15) is 0 Å². The van der Waals surface area contributed by atoms with Crippen molar-refractivity contribution in [1.82, 2.24) is 9.80 Å². The molecule has 2 unspecified atom stereocenters. The molecule has 0 spiro atoms. The van der Waals surface area contributed by atoms with Crippen LogP contribution < -0.4 is 0 Å². The number of benzene rings is 2. The summed E-state index contributed by atoms with van der Waals surface area (Å²) in [7, 11) is 0. The highest BCUT2D eigenvalue weighted by atomic mass is 16.6. The first-order chi connectivity index (χ1) is 12.6. The van der Waals surface area contributed by atoms with Gasteiger partial charge in [-0.25, -0.2) is 4.79 Å². The first-order valence-corrected chi connectivity index (χ1v) is 9.39. The number of nitrogens with zero attached hydrogens (tertiary/aromatic N) is 2. The molecule has 1 heterocycles. The normalized spacial score (nSPS) is 20.8. The molecule has 1 saturated heterocycles. The molecule has 1 aliphatic heterocycles. The monoisotopic (exact) mass is 352 g/mol. The Kier molecular flexibility index (Phi) is 6.29. The number of carbonyl (C=O) groups is 1. The molecular weight excluding hydrogens is 324 g/mol. The molecule has 1 aliphatic rings. The fourth-order valence-electron chi connectivity index (χ4n) is 3.66. The second-order valence-electron chi connectivity index (χ2n) is 7.12. The van der Waals surface area contributed by atoms with Gasteiger partial charge in [-0.05, 0) is 31.4 Å². The van der Waals surface area contributed by atoms with E-state index in [1.54, 1.807) is 0 Å². The third kappa shape index (κ3) is 4.85. The lowest BCUT2D eigenvalue weighted by Gasteiger charge is -2.44. The maximum atomic E-state index is 12.4. The zero-order valence-electron chi connectivity index (χ0n) is 15.7. The Labute approximate surface area is 156 Å². The number of piperazine rings is 1. The van der Waals surface area contributed by atoms with Crippen molar-refractivity contribution in [3.05, 3.63) is 71.8 Å². The van der Waals surface area contributed by atoms with Crippen molar-refractivity contribution in [3.63, 3.8) is 0 Å². The fourth-order valence-corrected chi connectivity index (χ4v) is 3.66.